The minimum atomic E-state index is 0.242. The van der Waals surface area contributed by atoms with E-state index in [1.165, 1.54) is 5.39 Å². The summed E-state index contributed by atoms with van der Waals surface area (Å²) in [5.74, 6) is 0. The first-order valence-corrected chi connectivity index (χ1v) is 8.38. The van der Waals surface area contributed by atoms with Crippen LogP contribution in [0.2, 0.25) is 5.28 Å². The van der Waals surface area contributed by atoms with E-state index in [1.54, 1.807) is 6.20 Å². The lowest BCUT2D eigenvalue weighted by atomic mass is 9.95. The Hall–Kier alpha value is -3.04. The molecule has 3 aromatic carbocycles. The summed E-state index contributed by atoms with van der Waals surface area (Å²) >= 11 is 6.28. The van der Waals surface area contributed by atoms with Crippen LogP contribution >= 0.6 is 11.6 Å². The molecule has 0 aliphatic rings. The van der Waals surface area contributed by atoms with E-state index in [-0.39, 0.29) is 5.28 Å². The van der Waals surface area contributed by atoms with Crippen LogP contribution in [-0.2, 0) is 0 Å². The second-order valence-electron chi connectivity index (χ2n) is 5.90. The first kappa shape index (κ1) is 14.3. The highest BCUT2D eigenvalue weighted by atomic mass is 35.5. The Kier molecular flexibility index (Phi) is 3.15. The number of nitrogens with zero attached hydrogens (tertiary/aromatic N) is 3. The van der Waals surface area contributed by atoms with Crippen LogP contribution in [0.1, 0.15) is 0 Å². The Morgan fingerprint density at radius 3 is 2.08 bits per heavy atom. The Morgan fingerprint density at radius 2 is 1.36 bits per heavy atom. The van der Waals surface area contributed by atoms with E-state index in [2.05, 4.69) is 45.3 Å². The van der Waals surface area contributed by atoms with Crippen LogP contribution < -0.4 is 0 Å². The summed E-state index contributed by atoms with van der Waals surface area (Å²) in [5, 5.41) is 5.79. The van der Waals surface area contributed by atoms with Crippen LogP contribution in [0.3, 0.4) is 0 Å². The lowest BCUT2D eigenvalue weighted by Gasteiger charge is -2.13. The van der Waals surface area contributed by atoms with E-state index in [4.69, 9.17) is 11.6 Å². The fourth-order valence-corrected chi connectivity index (χ4v) is 3.62. The van der Waals surface area contributed by atoms with Gasteiger partial charge < -0.3 is 0 Å². The summed E-state index contributed by atoms with van der Waals surface area (Å²) in [6.45, 7) is 0. The van der Waals surface area contributed by atoms with Gasteiger partial charge in [-0.2, -0.15) is 0 Å². The van der Waals surface area contributed by atoms with Crippen molar-refractivity contribution in [3.8, 4) is 11.3 Å². The van der Waals surface area contributed by atoms with Crippen molar-refractivity contribution in [1.29, 1.82) is 0 Å². The number of fused-ring (bicyclic) bond motifs is 6. The molecule has 0 fully saturated rings. The van der Waals surface area contributed by atoms with Crippen LogP contribution in [0.5, 0.6) is 0 Å². The van der Waals surface area contributed by atoms with Gasteiger partial charge in [-0.3, -0.25) is 4.98 Å². The molecule has 0 unspecified atom stereocenters. The molecule has 0 N–H and O–H groups in total. The van der Waals surface area contributed by atoms with Crippen molar-refractivity contribution < 1.29 is 0 Å². The van der Waals surface area contributed by atoms with Gasteiger partial charge in [0.1, 0.15) is 0 Å². The highest BCUT2D eigenvalue weighted by molar-refractivity contribution is 6.31. The second-order valence-corrected chi connectivity index (χ2v) is 6.24. The molecule has 25 heavy (non-hydrogen) atoms. The number of aromatic nitrogens is 3. The Balaban J connectivity index is 2.11. The number of rotatable bonds is 1. The van der Waals surface area contributed by atoms with Gasteiger partial charge in [0, 0.05) is 28.7 Å². The molecular weight excluding hydrogens is 330 g/mol. The molecule has 3 nitrogen and oxygen atoms in total. The molecule has 0 amide bonds. The predicted octanol–water partition coefficient (Wildman–Crippen LogP) is 5.65. The number of hydrogen-bond acceptors (Lipinski definition) is 3. The first-order valence-electron chi connectivity index (χ1n) is 8.00. The average Bonchev–Trinajstić information content (AvgIpc) is 2.68. The molecule has 0 spiro atoms. The topological polar surface area (TPSA) is 38.7 Å². The zero-order chi connectivity index (χ0) is 16.8. The summed E-state index contributed by atoms with van der Waals surface area (Å²) in [6.07, 6.45) is 3.56. The lowest BCUT2D eigenvalue weighted by molar-refractivity contribution is 1.22. The van der Waals surface area contributed by atoms with E-state index in [9.17, 15) is 0 Å². The third kappa shape index (κ3) is 2.17. The van der Waals surface area contributed by atoms with Gasteiger partial charge >= 0.3 is 0 Å². The maximum absolute atomic E-state index is 6.28. The van der Waals surface area contributed by atoms with Crippen molar-refractivity contribution in [1.82, 2.24) is 15.0 Å². The third-order valence-corrected chi connectivity index (χ3v) is 4.65. The molecule has 2 aromatic heterocycles. The largest absolute Gasteiger partial charge is 0.264 e. The van der Waals surface area contributed by atoms with Gasteiger partial charge in [-0.1, -0.05) is 48.5 Å². The molecule has 2 heterocycles. The highest BCUT2D eigenvalue weighted by Gasteiger charge is 2.16. The van der Waals surface area contributed by atoms with E-state index >= 15 is 0 Å². The van der Waals surface area contributed by atoms with Crippen molar-refractivity contribution in [3.63, 3.8) is 0 Å². The van der Waals surface area contributed by atoms with Crippen molar-refractivity contribution in [2.24, 2.45) is 0 Å². The number of pyridine rings is 1. The molecule has 0 saturated heterocycles. The van der Waals surface area contributed by atoms with E-state index in [0.29, 0.717) is 0 Å². The minimum Gasteiger partial charge on any atom is -0.264 e. The zero-order valence-corrected chi connectivity index (χ0v) is 13.9. The summed E-state index contributed by atoms with van der Waals surface area (Å²) in [6, 6.07) is 20.5. The van der Waals surface area contributed by atoms with Gasteiger partial charge in [-0.05, 0) is 39.9 Å². The van der Waals surface area contributed by atoms with E-state index in [0.717, 1.165) is 38.3 Å². The standard InChI is InChI=1S/C21H12ClN3/c22-21-24-19(13-6-5-11-23-12-13)18-16-9-3-1-7-14(16)15-8-2-4-10-17(15)20(18)25-21/h1-12H. The van der Waals surface area contributed by atoms with Crippen LogP contribution in [0.4, 0.5) is 0 Å². The monoisotopic (exact) mass is 341 g/mol. The van der Waals surface area contributed by atoms with Crippen LogP contribution in [0.15, 0.2) is 73.1 Å². The molecule has 0 saturated carbocycles. The Bertz CT molecular complexity index is 1250. The molecular formula is C21H12ClN3. The number of hydrogen-bond donors (Lipinski definition) is 0. The van der Waals surface area contributed by atoms with Crippen LogP contribution in [-0.4, -0.2) is 15.0 Å². The van der Waals surface area contributed by atoms with E-state index in [1.807, 2.05) is 36.5 Å². The average molecular weight is 342 g/mol. The van der Waals surface area contributed by atoms with Crippen LogP contribution in [0, 0.1) is 0 Å². The number of benzene rings is 3. The molecule has 118 valence electrons. The van der Waals surface area contributed by atoms with Crippen molar-refractivity contribution in [2.45, 2.75) is 0 Å². The van der Waals surface area contributed by atoms with Gasteiger partial charge in [0.15, 0.2) is 0 Å². The molecule has 0 aliphatic heterocycles. The fraction of sp³-hybridized carbons (Fsp3) is 0. The molecule has 0 aliphatic carbocycles. The first-order chi connectivity index (χ1) is 12.3. The molecule has 5 aromatic rings. The summed E-state index contributed by atoms with van der Waals surface area (Å²) < 4.78 is 0. The molecule has 5 rings (SSSR count). The second kappa shape index (κ2) is 5.50. The smallest absolute Gasteiger partial charge is 0.223 e. The maximum atomic E-state index is 6.28. The number of halogens is 1. The van der Waals surface area contributed by atoms with Gasteiger partial charge in [-0.15, -0.1) is 0 Å². The molecule has 0 radical (unpaired) electrons. The third-order valence-electron chi connectivity index (χ3n) is 4.49. The normalized spacial score (nSPS) is 11.4. The minimum absolute atomic E-state index is 0.242. The SMILES string of the molecule is Clc1nc(-c2cccnc2)c2c3ccccc3c3ccccc3c2n1. The molecule has 0 bridgehead atoms. The lowest BCUT2D eigenvalue weighted by Crippen LogP contribution is -1.94. The Morgan fingerprint density at radius 1 is 0.680 bits per heavy atom. The highest BCUT2D eigenvalue weighted by Crippen LogP contribution is 2.38. The molecule has 4 heteroatoms. The van der Waals surface area contributed by atoms with Crippen molar-refractivity contribution in [2.75, 3.05) is 0 Å². The van der Waals surface area contributed by atoms with Gasteiger partial charge in [0.05, 0.1) is 11.2 Å². The van der Waals surface area contributed by atoms with E-state index < -0.39 is 0 Å². The van der Waals surface area contributed by atoms with Gasteiger partial charge in [0.2, 0.25) is 5.28 Å². The van der Waals surface area contributed by atoms with Gasteiger partial charge in [0.25, 0.3) is 0 Å². The quantitative estimate of drug-likeness (QED) is 0.292. The van der Waals surface area contributed by atoms with Crippen molar-refractivity contribution in [3.05, 3.63) is 78.3 Å². The Labute approximate surface area is 148 Å². The van der Waals surface area contributed by atoms with Gasteiger partial charge in [-0.25, -0.2) is 9.97 Å². The fourth-order valence-electron chi connectivity index (χ4n) is 3.46. The summed E-state index contributed by atoms with van der Waals surface area (Å²) in [7, 11) is 0. The van der Waals surface area contributed by atoms with Crippen molar-refractivity contribution >= 4 is 44.0 Å². The predicted molar refractivity (Wildman–Crippen MR) is 103 cm³/mol. The molecule has 0 atom stereocenters. The summed E-state index contributed by atoms with van der Waals surface area (Å²) in [4.78, 5) is 13.4. The maximum Gasteiger partial charge on any atom is 0.223 e. The van der Waals surface area contributed by atoms with Crippen LogP contribution in [0.25, 0.3) is 43.7 Å². The zero-order valence-electron chi connectivity index (χ0n) is 13.1. The summed E-state index contributed by atoms with van der Waals surface area (Å²) in [5.41, 5.74) is 2.61.